The first kappa shape index (κ1) is 19.2. The largest absolute Gasteiger partial charge is 0.309 e. The summed E-state index contributed by atoms with van der Waals surface area (Å²) in [6.45, 7) is 0. The summed E-state index contributed by atoms with van der Waals surface area (Å²) in [7, 11) is 0. The van der Waals surface area contributed by atoms with Crippen molar-refractivity contribution in [2.75, 3.05) is 0 Å². The van der Waals surface area contributed by atoms with Crippen LogP contribution in [-0.2, 0) is 0 Å². The lowest BCUT2D eigenvalue weighted by Crippen LogP contribution is -2.01. The third-order valence-corrected chi connectivity index (χ3v) is 8.28. The summed E-state index contributed by atoms with van der Waals surface area (Å²) in [5.41, 5.74) is 3.76. The average Bonchev–Trinajstić information content (AvgIpc) is 3.59. The van der Waals surface area contributed by atoms with Crippen LogP contribution in [-0.4, -0.2) is 19.5 Å². The highest BCUT2D eigenvalue weighted by molar-refractivity contribution is 6.15. The van der Waals surface area contributed by atoms with Crippen LogP contribution in [0.1, 0.15) is 12.3 Å². The fourth-order valence-electron chi connectivity index (χ4n) is 6.15. The lowest BCUT2D eigenvalue weighted by Gasteiger charge is -2.12. The van der Waals surface area contributed by atoms with Gasteiger partial charge in [0, 0.05) is 33.2 Å². The van der Waals surface area contributed by atoms with Gasteiger partial charge in [0.15, 0.2) is 17.5 Å². The van der Waals surface area contributed by atoms with Crippen LogP contribution in [0.15, 0.2) is 170 Å². The molecule has 0 bridgehead atoms. The average molecular weight is 610 g/mol. The third-order valence-electron chi connectivity index (χ3n) is 8.28. The van der Waals surface area contributed by atoms with E-state index in [1.807, 2.05) is 97.1 Å². The molecule has 2 aromatic heterocycles. The maximum Gasteiger partial charge on any atom is 0.164 e. The number of hydrogen-bond donors (Lipinski definition) is 0. The van der Waals surface area contributed by atoms with Crippen LogP contribution in [0.2, 0.25) is 0 Å². The molecule has 0 aliphatic rings. The van der Waals surface area contributed by atoms with Gasteiger partial charge in [-0.2, -0.15) is 0 Å². The summed E-state index contributed by atoms with van der Waals surface area (Å²) in [5, 5.41) is 2.56. The van der Waals surface area contributed by atoms with Gasteiger partial charge in [-0.15, -0.1) is 0 Å². The van der Waals surface area contributed by atoms with Gasteiger partial charge >= 0.3 is 0 Å². The van der Waals surface area contributed by atoms with E-state index < -0.39 is 42.3 Å². The number of para-hydroxylation sites is 1. The second kappa shape index (κ2) is 11.2. The molecule has 47 heavy (non-hydrogen) atoms. The van der Waals surface area contributed by atoms with Gasteiger partial charge in [-0.3, -0.25) is 0 Å². The molecule has 7 aromatic carbocycles. The Hall–Kier alpha value is -6.39. The number of aromatic nitrogens is 4. The summed E-state index contributed by atoms with van der Waals surface area (Å²) in [6, 6.07) is 32.3. The number of rotatable bonds is 5. The Bertz CT molecular complexity index is 3040. The van der Waals surface area contributed by atoms with Crippen molar-refractivity contribution in [2.24, 2.45) is 0 Å². The molecule has 0 spiro atoms. The lowest BCUT2D eigenvalue weighted by atomic mass is 9.99. The molecule has 0 atom stereocenters. The van der Waals surface area contributed by atoms with Gasteiger partial charge in [-0.25, -0.2) is 15.0 Å². The normalized spacial score (nSPS) is 14.1. The van der Waals surface area contributed by atoms with Crippen LogP contribution in [0.25, 0.3) is 83.6 Å². The first-order chi connectivity index (χ1) is 27.0. The minimum Gasteiger partial charge on any atom is -0.309 e. The van der Waals surface area contributed by atoms with Gasteiger partial charge in [0.2, 0.25) is 0 Å². The fraction of sp³-hybridized carbons (Fsp3) is 0. The molecule has 0 amide bonds. The summed E-state index contributed by atoms with van der Waals surface area (Å²) in [4.78, 5) is 14.8. The Labute approximate surface area is 284 Å². The zero-order valence-corrected chi connectivity index (χ0v) is 24.8. The Kier molecular flexibility index (Phi) is 4.57. The van der Waals surface area contributed by atoms with Crippen LogP contribution in [0, 0.1) is 0 Å². The van der Waals surface area contributed by atoms with Gasteiger partial charge in [-0.05, 0) is 58.3 Å². The van der Waals surface area contributed by atoms with E-state index in [1.165, 1.54) is 0 Å². The zero-order valence-electron chi connectivity index (χ0n) is 33.8. The molecule has 0 aliphatic carbocycles. The molecule has 0 radical (unpaired) electrons. The second-order valence-electron chi connectivity index (χ2n) is 11.0. The maximum absolute atomic E-state index is 9.05. The smallest absolute Gasteiger partial charge is 0.164 e. The summed E-state index contributed by atoms with van der Waals surface area (Å²) in [6.07, 6.45) is 0. The highest BCUT2D eigenvalue weighted by Crippen LogP contribution is 2.38. The molecule has 0 saturated heterocycles. The van der Waals surface area contributed by atoms with E-state index in [4.69, 9.17) is 27.3 Å². The fourth-order valence-corrected chi connectivity index (χ4v) is 6.15. The van der Waals surface area contributed by atoms with E-state index in [1.54, 1.807) is 22.8 Å². The molecule has 0 unspecified atom stereocenters. The Balaban J connectivity index is 1.27. The highest BCUT2D eigenvalue weighted by atomic mass is 15.0. The SMILES string of the molecule is [2H]c1c([2H])c([2H])c(-c2cccc3c2c2c([2H])c([2H])c([2H])c([2H])c2n3-c2ccc(-c3nc(-c4ccccc4)nc(-c4cccc5ccccc45)n3)cc2)c([2H])c1[2H]. The molecule has 9 rings (SSSR count). The Morgan fingerprint density at radius 2 is 1.06 bits per heavy atom. The molecule has 4 heteroatoms. The molecule has 220 valence electrons. The van der Waals surface area contributed by atoms with Crippen LogP contribution in [0.3, 0.4) is 0 Å². The Morgan fingerprint density at radius 3 is 1.89 bits per heavy atom. The summed E-state index contributed by atoms with van der Waals surface area (Å²) in [5.74, 6) is 1.44. The quantitative estimate of drug-likeness (QED) is 0.195. The van der Waals surface area contributed by atoms with Crippen molar-refractivity contribution in [3.05, 3.63) is 170 Å². The van der Waals surface area contributed by atoms with E-state index in [0.717, 1.165) is 21.9 Å². The van der Waals surface area contributed by atoms with E-state index in [2.05, 4.69) is 0 Å². The molecule has 2 heterocycles. The maximum atomic E-state index is 9.05. The molecule has 0 N–H and O–H groups in total. The summed E-state index contributed by atoms with van der Waals surface area (Å²) < 4.78 is 79.2. The van der Waals surface area contributed by atoms with E-state index in [0.29, 0.717) is 39.6 Å². The van der Waals surface area contributed by atoms with Gasteiger partial charge in [0.25, 0.3) is 0 Å². The van der Waals surface area contributed by atoms with E-state index in [-0.39, 0.29) is 34.1 Å². The van der Waals surface area contributed by atoms with Crippen molar-refractivity contribution in [2.45, 2.75) is 0 Å². The van der Waals surface area contributed by atoms with Crippen molar-refractivity contribution in [1.29, 1.82) is 0 Å². The molecular formula is C43H28N4. The minimum atomic E-state index is -0.529. The molecule has 0 saturated carbocycles. The van der Waals surface area contributed by atoms with Gasteiger partial charge < -0.3 is 4.57 Å². The predicted octanol–water partition coefficient (Wildman–Crippen LogP) is 10.8. The Morgan fingerprint density at radius 1 is 0.426 bits per heavy atom. The van der Waals surface area contributed by atoms with Gasteiger partial charge in [-0.1, -0.05) is 133 Å². The molecule has 9 aromatic rings. The van der Waals surface area contributed by atoms with Crippen LogP contribution < -0.4 is 0 Å². The first-order valence-electron chi connectivity index (χ1n) is 19.6. The van der Waals surface area contributed by atoms with Crippen molar-refractivity contribution in [3.63, 3.8) is 0 Å². The molecule has 0 aliphatic heterocycles. The molecular weight excluding hydrogens is 573 g/mol. The predicted molar refractivity (Wildman–Crippen MR) is 193 cm³/mol. The van der Waals surface area contributed by atoms with Crippen molar-refractivity contribution >= 4 is 32.6 Å². The van der Waals surface area contributed by atoms with Crippen molar-refractivity contribution in [3.8, 4) is 51.0 Å². The third kappa shape index (κ3) is 4.66. The van der Waals surface area contributed by atoms with Crippen molar-refractivity contribution < 1.29 is 12.3 Å². The topological polar surface area (TPSA) is 43.6 Å². The highest BCUT2D eigenvalue weighted by Gasteiger charge is 2.17. The van der Waals surface area contributed by atoms with Crippen LogP contribution in [0.5, 0.6) is 0 Å². The van der Waals surface area contributed by atoms with Crippen LogP contribution >= 0.6 is 0 Å². The second-order valence-corrected chi connectivity index (χ2v) is 11.0. The number of benzene rings is 7. The number of nitrogens with zero attached hydrogens (tertiary/aromatic N) is 4. The monoisotopic (exact) mass is 609 g/mol. The molecule has 4 nitrogen and oxygen atoms in total. The lowest BCUT2D eigenvalue weighted by molar-refractivity contribution is 1.07. The van der Waals surface area contributed by atoms with Crippen molar-refractivity contribution in [1.82, 2.24) is 19.5 Å². The van der Waals surface area contributed by atoms with Gasteiger partial charge in [0.1, 0.15) is 0 Å². The first-order valence-corrected chi connectivity index (χ1v) is 15.1. The number of fused-ring (bicyclic) bond motifs is 4. The van der Waals surface area contributed by atoms with E-state index in [9.17, 15) is 0 Å². The van der Waals surface area contributed by atoms with Gasteiger partial charge in [0.05, 0.1) is 23.4 Å². The van der Waals surface area contributed by atoms with Crippen LogP contribution in [0.4, 0.5) is 0 Å². The minimum absolute atomic E-state index is 0.0607. The standard InChI is InChI=1S/C43H28N4/c1-3-13-30(14-4-1)35-21-12-24-39-40(35)37-20-9-10-23-38(37)47(39)33-27-25-32(26-28-33)42-44-41(31-16-5-2-6-17-31)45-43(46-42)36-22-11-18-29-15-7-8-19-34(29)36/h1-28H/i1D,3D,4D,9D,10D,13D,14D,20D,23D. The zero-order chi connectivity index (χ0) is 39.0. The van der Waals surface area contributed by atoms with E-state index >= 15 is 0 Å². The number of hydrogen-bond acceptors (Lipinski definition) is 3. The molecule has 0 fully saturated rings. The summed E-state index contributed by atoms with van der Waals surface area (Å²) >= 11 is 0.